The van der Waals surface area contributed by atoms with Gasteiger partial charge in [0.2, 0.25) is 0 Å². The van der Waals surface area contributed by atoms with Crippen molar-refractivity contribution in [2.24, 2.45) is 0 Å². The molecule has 1 N–H and O–H groups in total. The molecule has 0 aliphatic heterocycles. The lowest BCUT2D eigenvalue weighted by atomic mass is 9.87. The molecule has 0 bridgehead atoms. The molecule has 0 aliphatic rings. The topological polar surface area (TPSA) is 86.4 Å². The minimum Gasteiger partial charge on any atom is -0.494 e. The molecule has 0 saturated heterocycles. The highest BCUT2D eigenvalue weighted by atomic mass is 19.3. The van der Waals surface area contributed by atoms with E-state index in [2.05, 4.69) is 25.9 Å². The molecule has 4 rings (SSSR count). The van der Waals surface area contributed by atoms with Crippen LogP contribution in [0.5, 0.6) is 5.75 Å². The molecule has 4 aromatic rings. The molecule has 0 spiro atoms. The van der Waals surface area contributed by atoms with Crippen molar-refractivity contribution < 1.29 is 23.4 Å². The third kappa shape index (κ3) is 7.58. The van der Waals surface area contributed by atoms with Crippen molar-refractivity contribution in [3.8, 4) is 16.9 Å². The second-order valence-corrected chi connectivity index (χ2v) is 11.7. The largest absolute Gasteiger partial charge is 0.494 e. The molecule has 0 aliphatic carbocycles. The van der Waals surface area contributed by atoms with Gasteiger partial charge in [0.15, 0.2) is 0 Å². The number of halogens is 2. The van der Waals surface area contributed by atoms with Crippen LogP contribution in [0, 0.1) is 0 Å². The molecule has 0 unspecified atom stereocenters. The second kappa shape index (κ2) is 12.9. The van der Waals surface area contributed by atoms with E-state index in [0.717, 1.165) is 5.56 Å². The number of aryl methyl sites for hydroxylation is 1. The average Bonchev–Trinajstić information content (AvgIpc) is 3.26. The minimum atomic E-state index is -3.19. The third-order valence-corrected chi connectivity index (χ3v) is 7.45. The SMILES string of the molecule is CCOc1ccc(-c2cccc(C(F)(F)CCc3nn(Cc4ccc(C(C)(C)C)cc4)c(=O)n3CC)c2)cc1CC(=O)O. The average molecular weight is 592 g/mol. The second-order valence-electron chi connectivity index (χ2n) is 11.7. The van der Waals surface area contributed by atoms with Gasteiger partial charge in [0.05, 0.1) is 19.6 Å². The highest BCUT2D eigenvalue weighted by Crippen LogP contribution is 2.36. The van der Waals surface area contributed by atoms with E-state index >= 15 is 8.78 Å². The zero-order valence-corrected chi connectivity index (χ0v) is 25.4. The molecule has 0 fully saturated rings. The number of hydrogen-bond acceptors (Lipinski definition) is 4. The molecule has 1 aromatic heterocycles. The van der Waals surface area contributed by atoms with Crippen LogP contribution in [0.1, 0.15) is 69.1 Å². The molecule has 1 heterocycles. The number of carboxylic acids is 1. The van der Waals surface area contributed by atoms with Crippen molar-refractivity contribution >= 4 is 5.97 Å². The minimum absolute atomic E-state index is 0.00852. The summed E-state index contributed by atoms with van der Waals surface area (Å²) in [7, 11) is 0. The summed E-state index contributed by atoms with van der Waals surface area (Å²) >= 11 is 0. The van der Waals surface area contributed by atoms with Crippen LogP contribution in [0.2, 0.25) is 0 Å². The standard InChI is InChI=1S/C34H39F2N3O4/c1-6-38-30(37-39(32(38)42)22-23-11-14-27(15-12-23)33(3,4)5)17-18-34(35,36)28-10-8-9-24(20-28)25-13-16-29(43-7-2)26(19-25)21-31(40)41/h8-16,19-20H,6-7,17-18,21-22H2,1-5H3,(H,40,41). The summed E-state index contributed by atoms with van der Waals surface area (Å²) in [6.07, 6.45) is -0.851. The fourth-order valence-electron chi connectivity index (χ4n) is 5.07. The first-order valence-electron chi connectivity index (χ1n) is 14.5. The number of hydrogen-bond donors (Lipinski definition) is 1. The van der Waals surface area contributed by atoms with Gasteiger partial charge in [0.1, 0.15) is 11.6 Å². The zero-order valence-electron chi connectivity index (χ0n) is 25.4. The van der Waals surface area contributed by atoms with E-state index in [1.54, 1.807) is 44.2 Å². The fourth-order valence-corrected chi connectivity index (χ4v) is 5.07. The lowest BCUT2D eigenvalue weighted by molar-refractivity contribution is -0.136. The van der Waals surface area contributed by atoms with E-state index in [1.165, 1.54) is 26.9 Å². The van der Waals surface area contributed by atoms with Crippen LogP contribution in [0.15, 0.2) is 71.5 Å². The summed E-state index contributed by atoms with van der Waals surface area (Å²) in [5.74, 6) is -3.42. The van der Waals surface area contributed by atoms with Crippen LogP contribution in [0.4, 0.5) is 8.78 Å². The Morgan fingerprint density at radius 3 is 2.28 bits per heavy atom. The van der Waals surface area contributed by atoms with Crippen LogP contribution in [0.3, 0.4) is 0 Å². The van der Waals surface area contributed by atoms with Gasteiger partial charge in [-0.3, -0.25) is 9.36 Å². The molecular formula is C34H39F2N3O4. The van der Waals surface area contributed by atoms with Crippen LogP contribution >= 0.6 is 0 Å². The summed E-state index contributed by atoms with van der Waals surface area (Å²) in [6.45, 7) is 11.0. The van der Waals surface area contributed by atoms with Crippen molar-refractivity contribution in [3.63, 3.8) is 0 Å². The van der Waals surface area contributed by atoms with Crippen molar-refractivity contribution in [3.05, 3.63) is 105 Å². The van der Waals surface area contributed by atoms with Gasteiger partial charge in [0, 0.05) is 30.5 Å². The highest BCUT2D eigenvalue weighted by Gasteiger charge is 2.32. The van der Waals surface area contributed by atoms with Crippen molar-refractivity contribution in [2.45, 2.75) is 78.3 Å². The summed E-state index contributed by atoms with van der Waals surface area (Å²) in [5, 5.41) is 13.7. The molecule has 9 heteroatoms. The first kappa shape index (κ1) is 31.7. The van der Waals surface area contributed by atoms with Gasteiger partial charge in [-0.05, 0) is 59.7 Å². The molecule has 0 amide bonds. The zero-order chi connectivity index (χ0) is 31.4. The van der Waals surface area contributed by atoms with Crippen molar-refractivity contribution in [1.29, 1.82) is 0 Å². The van der Waals surface area contributed by atoms with E-state index in [4.69, 9.17) is 4.74 Å². The normalized spacial score (nSPS) is 12.0. The monoisotopic (exact) mass is 591 g/mol. The summed E-state index contributed by atoms with van der Waals surface area (Å²) in [6, 6.07) is 19.1. The smallest absolute Gasteiger partial charge is 0.346 e. The predicted octanol–water partition coefficient (Wildman–Crippen LogP) is 6.83. The number of nitrogens with zero attached hydrogens (tertiary/aromatic N) is 3. The van der Waals surface area contributed by atoms with E-state index in [0.29, 0.717) is 41.4 Å². The number of benzene rings is 3. The molecule has 228 valence electrons. The molecule has 7 nitrogen and oxygen atoms in total. The quantitative estimate of drug-likeness (QED) is 0.195. The molecule has 43 heavy (non-hydrogen) atoms. The number of ether oxygens (including phenoxy) is 1. The number of carbonyl (C=O) groups is 1. The van der Waals surface area contributed by atoms with Gasteiger partial charge in [-0.15, -0.1) is 0 Å². The van der Waals surface area contributed by atoms with Gasteiger partial charge < -0.3 is 9.84 Å². The molecular weight excluding hydrogens is 552 g/mol. The number of carboxylic acid groups (broad SMARTS) is 1. The molecule has 3 aromatic carbocycles. The van der Waals surface area contributed by atoms with Crippen molar-refractivity contribution in [1.82, 2.24) is 14.3 Å². The Morgan fingerprint density at radius 1 is 0.953 bits per heavy atom. The van der Waals surface area contributed by atoms with Crippen LogP contribution < -0.4 is 10.4 Å². The maximum atomic E-state index is 15.6. The molecule has 0 atom stereocenters. The summed E-state index contributed by atoms with van der Waals surface area (Å²) in [5.41, 5.74) is 3.24. The van der Waals surface area contributed by atoms with Crippen molar-refractivity contribution in [2.75, 3.05) is 6.61 Å². The summed E-state index contributed by atoms with van der Waals surface area (Å²) in [4.78, 5) is 24.4. The lowest BCUT2D eigenvalue weighted by Crippen LogP contribution is -2.25. The van der Waals surface area contributed by atoms with Gasteiger partial charge in [-0.1, -0.05) is 69.3 Å². The Bertz CT molecular complexity index is 1630. The molecule has 0 saturated carbocycles. The summed E-state index contributed by atoms with van der Waals surface area (Å²) < 4.78 is 39.4. The predicted molar refractivity (Wildman–Crippen MR) is 163 cm³/mol. The number of aromatic nitrogens is 3. The number of rotatable bonds is 12. The Hall–Kier alpha value is -4.27. The van der Waals surface area contributed by atoms with Crippen LogP contribution in [-0.4, -0.2) is 32.0 Å². The fraction of sp³-hybridized carbons (Fsp3) is 0.382. The van der Waals surface area contributed by atoms with Gasteiger partial charge in [0.25, 0.3) is 5.92 Å². The Morgan fingerprint density at radius 2 is 1.65 bits per heavy atom. The first-order chi connectivity index (χ1) is 20.3. The lowest BCUT2D eigenvalue weighted by Gasteiger charge is -2.19. The maximum absolute atomic E-state index is 15.6. The van der Waals surface area contributed by atoms with E-state index in [1.807, 2.05) is 24.3 Å². The van der Waals surface area contributed by atoms with E-state index < -0.39 is 18.3 Å². The first-order valence-corrected chi connectivity index (χ1v) is 14.5. The van der Waals surface area contributed by atoms with Crippen LogP contribution in [-0.2, 0) is 42.1 Å². The van der Waals surface area contributed by atoms with Gasteiger partial charge in [-0.2, -0.15) is 5.10 Å². The van der Waals surface area contributed by atoms with E-state index in [-0.39, 0.29) is 36.1 Å². The Labute approximate surface area is 250 Å². The third-order valence-electron chi connectivity index (χ3n) is 7.45. The van der Waals surface area contributed by atoms with E-state index in [9.17, 15) is 14.7 Å². The number of alkyl halides is 2. The van der Waals surface area contributed by atoms with Gasteiger partial charge >= 0.3 is 11.7 Å². The maximum Gasteiger partial charge on any atom is 0.346 e. The Kier molecular flexibility index (Phi) is 9.52. The number of aliphatic carboxylic acids is 1. The van der Waals surface area contributed by atoms with Crippen LogP contribution in [0.25, 0.3) is 11.1 Å². The molecule has 0 radical (unpaired) electrons. The Balaban J connectivity index is 1.53. The highest BCUT2D eigenvalue weighted by molar-refractivity contribution is 5.74. The van der Waals surface area contributed by atoms with Gasteiger partial charge in [-0.25, -0.2) is 18.3 Å².